The Bertz CT molecular complexity index is 855. The Morgan fingerprint density at radius 3 is 2.34 bits per heavy atom. The third-order valence-corrected chi connectivity index (χ3v) is 5.20. The second kappa shape index (κ2) is 9.60. The summed E-state index contributed by atoms with van der Waals surface area (Å²) in [6.07, 6.45) is 0.691. The molecular formula is C22H28FN3O3. The van der Waals surface area contributed by atoms with Gasteiger partial charge in [0.1, 0.15) is 5.82 Å². The zero-order chi connectivity index (χ0) is 20.8. The van der Waals surface area contributed by atoms with Gasteiger partial charge < -0.3 is 24.4 Å². The topological polar surface area (TPSA) is 55.3 Å². The molecule has 0 saturated heterocycles. The third-order valence-electron chi connectivity index (χ3n) is 5.20. The molecule has 3 rings (SSSR count). The van der Waals surface area contributed by atoms with Crippen LogP contribution < -0.4 is 14.8 Å². The molecule has 0 saturated carbocycles. The van der Waals surface area contributed by atoms with E-state index in [-0.39, 0.29) is 11.9 Å². The molecular weight excluding hydrogens is 373 g/mol. The minimum absolute atomic E-state index is 0.200. The quantitative estimate of drug-likeness (QED) is 0.595. The maximum atomic E-state index is 13.2. The van der Waals surface area contributed by atoms with E-state index in [9.17, 15) is 4.39 Å². The van der Waals surface area contributed by atoms with Gasteiger partial charge in [0.25, 0.3) is 0 Å². The summed E-state index contributed by atoms with van der Waals surface area (Å²) in [6.45, 7) is 2.10. The highest BCUT2D eigenvalue weighted by Gasteiger charge is 2.22. The van der Waals surface area contributed by atoms with Gasteiger partial charge >= 0.3 is 0 Å². The zero-order valence-electron chi connectivity index (χ0n) is 17.4. The van der Waals surface area contributed by atoms with Crippen LogP contribution in [0.1, 0.15) is 22.8 Å². The van der Waals surface area contributed by atoms with Crippen LogP contribution in [0.25, 0.3) is 0 Å². The number of nitrogens with one attached hydrogen (secondary N) is 1. The first-order valence-corrected chi connectivity index (χ1v) is 9.57. The summed E-state index contributed by atoms with van der Waals surface area (Å²) in [6, 6.07) is 10.5. The Labute approximate surface area is 171 Å². The molecule has 0 fully saturated rings. The highest BCUT2D eigenvalue weighted by Crippen LogP contribution is 2.33. The molecule has 1 heterocycles. The molecule has 1 N–H and O–H groups in total. The number of guanidine groups is 1. The Morgan fingerprint density at radius 1 is 1.10 bits per heavy atom. The van der Waals surface area contributed by atoms with E-state index in [1.807, 2.05) is 6.07 Å². The summed E-state index contributed by atoms with van der Waals surface area (Å²) in [7, 11) is 6.71. The third kappa shape index (κ3) is 4.79. The molecule has 1 unspecified atom stereocenters. The number of aliphatic imine (C=N–C) groups is 1. The molecule has 29 heavy (non-hydrogen) atoms. The van der Waals surface area contributed by atoms with E-state index in [2.05, 4.69) is 21.3 Å². The van der Waals surface area contributed by atoms with Crippen LogP contribution in [0.15, 0.2) is 41.4 Å². The number of rotatable bonds is 6. The van der Waals surface area contributed by atoms with Gasteiger partial charge in [0.05, 0.1) is 20.3 Å². The number of fused-ring (bicyclic) bond motifs is 1. The summed E-state index contributed by atoms with van der Waals surface area (Å²) < 4.78 is 29.6. The number of benzene rings is 2. The van der Waals surface area contributed by atoms with Crippen molar-refractivity contribution >= 4 is 5.96 Å². The van der Waals surface area contributed by atoms with Crippen LogP contribution >= 0.6 is 0 Å². The molecule has 7 heteroatoms. The minimum atomic E-state index is -0.258. The molecule has 0 radical (unpaired) electrons. The molecule has 1 atom stereocenters. The van der Waals surface area contributed by atoms with Crippen LogP contribution in [0.4, 0.5) is 4.39 Å². The molecule has 6 nitrogen and oxygen atoms in total. The van der Waals surface area contributed by atoms with Gasteiger partial charge in [0, 0.05) is 33.8 Å². The van der Waals surface area contributed by atoms with Gasteiger partial charge in [-0.1, -0.05) is 12.1 Å². The highest BCUT2D eigenvalue weighted by atomic mass is 19.1. The Kier molecular flexibility index (Phi) is 6.93. The van der Waals surface area contributed by atoms with Crippen molar-refractivity contribution < 1.29 is 18.6 Å². The number of hydrogen-bond acceptors (Lipinski definition) is 4. The summed E-state index contributed by atoms with van der Waals surface area (Å²) in [4.78, 5) is 6.63. The van der Waals surface area contributed by atoms with E-state index in [1.165, 1.54) is 23.3 Å². The highest BCUT2D eigenvalue weighted by molar-refractivity contribution is 5.80. The van der Waals surface area contributed by atoms with Crippen LogP contribution in [-0.2, 0) is 17.7 Å². The second-order valence-electron chi connectivity index (χ2n) is 6.85. The molecule has 0 aromatic heterocycles. The summed E-state index contributed by atoms with van der Waals surface area (Å²) in [5, 5.41) is 3.39. The molecule has 2 aromatic carbocycles. The first-order valence-electron chi connectivity index (χ1n) is 9.57. The summed E-state index contributed by atoms with van der Waals surface area (Å²) >= 11 is 0. The van der Waals surface area contributed by atoms with Crippen LogP contribution in [-0.4, -0.2) is 52.3 Å². The molecule has 0 amide bonds. The van der Waals surface area contributed by atoms with E-state index in [0.29, 0.717) is 6.54 Å². The maximum absolute atomic E-state index is 13.2. The van der Waals surface area contributed by atoms with Crippen LogP contribution in [0, 0.1) is 5.82 Å². The first-order chi connectivity index (χ1) is 14.1. The van der Waals surface area contributed by atoms with Crippen LogP contribution in [0.3, 0.4) is 0 Å². The van der Waals surface area contributed by atoms with E-state index in [4.69, 9.17) is 14.2 Å². The number of nitrogens with zero attached hydrogens (tertiary/aromatic N) is 2. The molecule has 0 spiro atoms. The summed E-state index contributed by atoms with van der Waals surface area (Å²) in [5.74, 6) is 2.03. The lowest BCUT2D eigenvalue weighted by molar-refractivity contribution is 0.105. The van der Waals surface area contributed by atoms with Crippen molar-refractivity contribution in [2.75, 3.05) is 41.5 Å². The van der Waals surface area contributed by atoms with Crippen molar-refractivity contribution in [3.05, 3.63) is 58.9 Å². The fourth-order valence-corrected chi connectivity index (χ4v) is 3.59. The molecule has 1 aliphatic heterocycles. The lowest BCUT2D eigenvalue weighted by Gasteiger charge is -2.32. The van der Waals surface area contributed by atoms with Gasteiger partial charge in [-0.3, -0.25) is 4.99 Å². The van der Waals surface area contributed by atoms with Crippen molar-refractivity contribution in [3.63, 3.8) is 0 Å². The largest absolute Gasteiger partial charge is 0.493 e. The van der Waals surface area contributed by atoms with Crippen molar-refractivity contribution in [2.45, 2.75) is 19.1 Å². The molecule has 1 aliphatic rings. The smallest absolute Gasteiger partial charge is 0.194 e. The number of halogens is 1. The Morgan fingerprint density at radius 2 is 1.76 bits per heavy atom. The first kappa shape index (κ1) is 20.9. The average Bonchev–Trinajstić information content (AvgIpc) is 2.76. The predicted molar refractivity (Wildman–Crippen MR) is 111 cm³/mol. The number of methoxy groups -OCH3 is 3. The monoisotopic (exact) mass is 401 g/mol. The van der Waals surface area contributed by atoms with E-state index in [1.54, 1.807) is 40.5 Å². The van der Waals surface area contributed by atoms with Crippen molar-refractivity contribution in [1.29, 1.82) is 0 Å². The zero-order valence-corrected chi connectivity index (χ0v) is 17.4. The van der Waals surface area contributed by atoms with E-state index >= 15 is 0 Å². The average molecular weight is 401 g/mol. The van der Waals surface area contributed by atoms with Crippen molar-refractivity contribution in [2.24, 2.45) is 4.99 Å². The fourth-order valence-electron chi connectivity index (χ4n) is 3.59. The molecule has 156 valence electrons. The van der Waals surface area contributed by atoms with Crippen LogP contribution in [0.5, 0.6) is 11.5 Å². The minimum Gasteiger partial charge on any atom is -0.493 e. The van der Waals surface area contributed by atoms with Gasteiger partial charge in [-0.2, -0.15) is 0 Å². The Balaban J connectivity index is 1.69. The van der Waals surface area contributed by atoms with Gasteiger partial charge in [-0.05, 0) is 47.4 Å². The normalized spacial score (nSPS) is 14.9. The molecule has 0 bridgehead atoms. The van der Waals surface area contributed by atoms with Gasteiger partial charge in [0.15, 0.2) is 17.5 Å². The van der Waals surface area contributed by atoms with E-state index < -0.39 is 0 Å². The lowest BCUT2D eigenvalue weighted by Crippen LogP contribution is -2.45. The molecule has 0 aliphatic carbocycles. The standard InChI is InChI=1S/C22H28FN3O3/c1-24-22(25-13-21(29-4)15-5-7-18(23)8-6-15)26-10-9-16-11-19(27-2)20(28-3)12-17(16)14-26/h5-8,11-12,21H,9-10,13-14H2,1-4H3,(H,24,25). The van der Waals surface area contributed by atoms with E-state index in [0.717, 1.165) is 42.5 Å². The van der Waals surface area contributed by atoms with Gasteiger partial charge in [-0.25, -0.2) is 4.39 Å². The lowest BCUT2D eigenvalue weighted by atomic mass is 9.99. The van der Waals surface area contributed by atoms with Crippen LogP contribution in [0.2, 0.25) is 0 Å². The second-order valence-corrected chi connectivity index (χ2v) is 6.85. The van der Waals surface area contributed by atoms with Gasteiger partial charge in [-0.15, -0.1) is 0 Å². The summed E-state index contributed by atoms with van der Waals surface area (Å²) in [5.41, 5.74) is 3.37. The SMILES string of the molecule is CN=C(NCC(OC)c1ccc(F)cc1)N1CCc2cc(OC)c(OC)cc2C1. The number of ether oxygens (including phenoxy) is 3. The fraction of sp³-hybridized carbons (Fsp3) is 0.409. The van der Waals surface area contributed by atoms with Gasteiger partial charge in [0.2, 0.25) is 0 Å². The number of hydrogen-bond donors (Lipinski definition) is 1. The van der Waals surface area contributed by atoms with Crippen molar-refractivity contribution in [1.82, 2.24) is 10.2 Å². The van der Waals surface area contributed by atoms with Crippen molar-refractivity contribution in [3.8, 4) is 11.5 Å². The maximum Gasteiger partial charge on any atom is 0.194 e. The Hall–Kier alpha value is -2.80. The molecule has 2 aromatic rings. The predicted octanol–water partition coefficient (Wildman–Crippen LogP) is 3.16.